The lowest BCUT2D eigenvalue weighted by Gasteiger charge is -2.40. The molecule has 0 aliphatic heterocycles. The zero-order chi connectivity index (χ0) is 27.3. The van der Waals surface area contributed by atoms with E-state index in [2.05, 4.69) is 10.6 Å². The zero-order valence-electron chi connectivity index (χ0n) is 22.9. The van der Waals surface area contributed by atoms with Gasteiger partial charge in [-0.2, -0.15) is 0 Å². The van der Waals surface area contributed by atoms with Crippen molar-refractivity contribution in [1.29, 1.82) is 0 Å². The molecule has 0 aromatic heterocycles. The lowest BCUT2D eigenvalue weighted by molar-refractivity contribution is -0.141. The summed E-state index contributed by atoms with van der Waals surface area (Å²) in [7, 11) is 3.37. The fourth-order valence-electron chi connectivity index (χ4n) is 4.20. The van der Waals surface area contributed by atoms with Crippen LogP contribution in [-0.2, 0) is 19.8 Å². The summed E-state index contributed by atoms with van der Waals surface area (Å²) in [4.78, 5) is 40.2. The normalized spacial score (nSPS) is 15.3. The van der Waals surface area contributed by atoms with Crippen molar-refractivity contribution in [3.8, 4) is 0 Å². The van der Waals surface area contributed by atoms with Crippen LogP contribution in [0.5, 0.6) is 0 Å². The van der Waals surface area contributed by atoms with Crippen molar-refractivity contribution >= 4 is 23.5 Å². The van der Waals surface area contributed by atoms with E-state index < -0.39 is 34.9 Å². The molecule has 0 saturated heterocycles. The maximum atomic E-state index is 13.7. The maximum Gasteiger partial charge on any atom is 0.331 e. The monoisotopic (exact) mass is 488 g/mol. The number of nitrogens with two attached hydrogens (primary N) is 1. The van der Waals surface area contributed by atoms with Crippen molar-refractivity contribution in [2.24, 2.45) is 11.3 Å². The van der Waals surface area contributed by atoms with Gasteiger partial charge in [-0.15, -0.1) is 0 Å². The van der Waals surface area contributed by atoms with E-state index in [-0.39, 0.29) is 23.3 Å². The van der Waals surface area contributed by atoms with E-state index in [0.717, 1.165) is 5.56 Å². The fourth-order valence-corrected chi connectivity index (χ4v) is 4.20. The van der Waals surface area contributed by atoms with Gasteiger partial charge in [-0.05, 0) is 43.0 Å². The van der Waals surface area contributed by atoms with Gasteiger partial charge in [0.1, 0.15) is 6.04 Å². The van der Waals surface area contributed by atoms with Crippen molar-refractivity contribution < 1.29 is 19.5 Å². The van der Waals surface area contributed by atoms with Crippen LogP contribution < -0.4 is 16.4 Å². The molecule has 2 amide bonds. The molecule has 3 atom stereocenters. The van der Waals surface area contributed by atoms with E-state index in [1.165, 1.54) is 11.8 Å². The molecule has 0 unspecified atom stereocenters. The Kier molecular flexibility index (Phi) is 10.1. The number of aliphatic carboxylic acids is 1. The third-order valence-electron chi connectivity index (χ3n) is 6.56. The van der Waals surface area contributed by atoms with Gasteiger partial charge in [0, 0.05) is 23.7 Å². The minimum absolute atomic E-state index is 0.0240. The molecule has 0 fully saturated rings. The molecule has 196 valence electrons. The SMILES string of the molecule is CN[C@H](C(=O)N[C@H](C(=O)N(C)[C@H](/C=C(\C)C(=O)O)C(C)C)C(C)(C)C)C(C)(C)c1ccc(N)cc1. The van der Waals surface area contributed by atoms with Crippen LogP contribution in [-0.4, -0.2) is 60.0 Å². The first kappa shape index (κ1) is 30.2. The molecule has 0 radical (unpaired) electrons. The van der Waals surface area contributed by atoms with E-state index in [1.807, 2.05) is 60.6 Å². The van der Waals surface area contributed by atoms with Crippen molar-refractivity contribution in [2.45, 2.75) is 78.9 Å². The van der Waals surface area contributed by atoms with Crippen LogP contribution >= 0.6 is 0 Å². The number of likely N-dealkylation sites (N-methyl/N-ethyl adjacent to an activating group) is 2. The molecule has 35 heavy (non-hydrogen) atoms. The van der Waals surface area contributed by atoms with Gasteiger partial charge in [-0.1, -0.05) is 66.7 Å². The number of carbonyl (C=O) groups excluding carboxylic acids is 2. The number of amides is 2. The number of nitrogens with one attached hydrogen (secondary N) is 2. The number of carboxylic acid groups (broad SMARTS) is 1. The van der Waals surface area contributed by atoms with Crippen LogP contribution in [0.2, 0.25) is 0 Å². The molecule has 0 aliphatic carbocycles. The summed E-state index contributed by atoms with van der Waals surface area (Å²) in [5.41, 5.74) is 6.40. The number of nitrogen functional groups attached to an aromatic ring is 1. The van der Waals surface area contributed by atoms with Crippen LogP contribution in [0.1, 0.15) is 61.0 Å². The molecule has 8 heteroatoms. The van der Waals surface area contributed by atoms with E-state index in [4.69, 9.17) is 5.73 Å². The first-order chi connectivity index (χ1) is 15.9. The Morgan fingerprint density at radius 2 is 1.54 bits per heavy atom. The van der Waals surface area contributed by atoms with Gasteiger partial charge in [0.2, 0.25) is 11.8 Å². The van der Waals surface area contributed by atoms with Crippen molar-refractivity contribution in [3.63, 3.8) is 0 Å². The van der Waals surface area contributed by atoms with Gasteiger partial charge in [0.25, 0.3) is 0 Å². The molecule has 5 N–H and O–H groups in total. The summed E-state index contributed by atoms with van der Waals surface area (Å²) in [5.74, 6) is -1.63. The molecular formula is C27H44N4O4. The quantitative estimate of drug-likeness (QED) is 0.296. The topological polar surface area (TPSA) is 125 Å². The summed E-state index contributed by atoms with van der Waals surface area (Å²) >= 11 is 0. The summed E-state index contributed by atoms with van der Waals surface area (Å²) in [6.07, 6.45) is 1.59. The highest BCUT2D eigenvalue weighted by atomic mass is 16.4. The Morgan fingerprint density at radius 3 is 1.94 bits per heavy atom. The third-order valence-corrected chi connectivity index (χ3v) is 6.56. The van der Waals surface area contributed by atoms with Crippen LogP contribution in [0.3, 0.4) is 0 Å². The highest BCUT2D eigenvalue weighted by Gasteiger charge is 2.41. The molecule has 0 heterocycles. The summed E-state index contributed by atoms with van der Waals surface area (Å²) in [6, 6.07) is 5.52. The molecule has 0 spiro atoms. The van der Waals surface area contributed by atoms with Gasteiger partial charge in [-0.3, -0.25) is 9.59 Å². The van der Waals surface area contributed by atoms with E-state index in [1.54, 1.807) is 32.3 Å². The number of carboxylic acids is 1. The number of hydrogen-bond donors (Lipinski definition) is 4. The summed E-state index contributed by atoms with van der Waals surface area (Å²) in [5, 5.41) is 15.4. The second kappa shape index (κ2) is 11.7. The van der Waals surface area contributed by atoms with E-state index in [9.17, 15) is 19.5 Å². The minimum Gasteiger partial charge on any atom is -0.478 e. The number of carbonyl (C=O) groups is 3. The van der Waals surface area contributed by atoms with Crippen molar-refractivity contribution in [3.05, 3.63) is 41.5 Å². The van der Waals surface area contributed by atoms with E-state index in [0.29, 0.717) is 5.69 Å². The highest BCUT2D eigenvalue weighted by molar-refractivity contribution is 5.91. The highest BCUT2D eigenvalue weighted by Crippen LogP contribution is 2.29. The summed E-state index contributed by atoms with van der Waals surface area (Å²) in [6.45, 7) is 15.0. The molecule has 0 aliphatic rings. The second-order valence-electron chi connectivity index (χ2n) is 11.2. The Hall–Kier alpha value is -2.87. The molecule has 1 rings (SSSR count). The van der Waals surface area contributed by atoms with Crippen molar-refractivity contribution in [1.82, 2.24) is 15.5 Å². The smallest absolute Gasteiger partial charge is 0.331 e. The molecule has 8 nitrogen and oxygen atoms in total. The summed E-state index contributed by atoms with van der Waals surface area (Å²) < 4.78 is 0. The molecule has 0 bridgehead atoms. The van der Waals surface area contributed by atoms with Crippen LogP contribution in [0.4, 0.5) is 5.69 Å². The predicted molar refractivity (Wildman–Crippen MR) is 141 cm³/mol. The molecule has 0 saturated carbocycles. The lowest BCUT2D eigenvalue weighted by Crippen LogP contribution is -2.61. The number of benzene rings is 1. The zero-order valence-corrected chi connectivity index (χ0v) is 22.9. The molecular weight excluding hydrogens is 444 g/mol. The van der Waals surface area contributed by atoms with Gasteiger partial charge < -0.3 is 26.4 Å². The Balaban J connectivity index is 3.30. The maximum absolute atomic E-state index is 13.7. The lowest BCUT2D eigenvalue weighted by atomic mass is 9.76. The first-order valence-corrected chi connectivity index (χ1v) is 12.0. The first-order valence-electron chi connectivity index (χ1n) is 12.0. The number of nitrogens with zero attached hydrogens (tertiary/aromatic N) is 1. The minimum atomic E-state index is -1.03. The number of anilines is 1. The van der Waals surface area contributed by atoms with Crippen LogP contribution in [0.25, 0.3) is 0 Å². The average Bonchev–Trinajstić information content (AvgIpc) is 2.74. The Bertz CT molecular complexity index is 929. The molecule has 1 aromatic rings. The van der Waals surface area contributed by atoms with Gasteiger partial charge in [0.05, 0.1) is 12.1 Å². The van der Waals surface area contributed by atoms with Gasteiger partial charge in [0.15, 0.2) is 0 Å². The standard InChI is InChI=1S/C27H44N4O4/c1-16(2)20(15-17(3)25(34)35)31(10)24(33)22(26(4,5)6)30-23(32)21(29-9)27(7,8)18-11-13-19(28)14-12-18/h11-16,20-22,29H,28H2,1-10H3,(H,30,32)(H,34,35)/b17-15+/t20-,21-,22-/m1/s1. The van der Waals surface area contributed by atoms with E-state index >= 15 is 0 Å². The van der Waals surface area contributed by atoms with Crippen molar-refractivity contribution in [2.75, 3.05) is 19.8 Å². The second-order valence-corrected chi connectivity index (χ2v) is 11.2. The largest absolute Gasteiger partial charge is 0.478 e. The fraction of sp³-hybridized carbons (Fsp3) is 0.593. The number of hydrogen-bond acceptors (Lipinski definition) is 5. The third kappa shape index (κ3) is 7.56. The van der Waals surface area contributed by atoms with Gasteiger partial charge in [-0.25, -0.2) is 4.79 Å². The average molecular weight is 489 g/mol. The molecule has 1 aromatic carbocycles. The Labute approximate surface area is 210 Å². The van der Waals surface area contributed by atoms with Crippen LogP contribution in [0.15, 0.2) is 35.9 Å². The number of rotatable bonds is 10. The Morgan fingerprint density at radius 1 is 1.03 bits per heavy atom. The van der Waals surface area contributed by atoms with Gasteiger partial charge >= 0.3 is 5.97 Å². The van der Waals surface area contributed by atoms with Crippen LogP contribution in [0, 0.1) is 11.3 Å². The predicted octanol–water partition coefficient (Wildman–Crippen LogP) is 3.18.